The number of nitrogens with one attached hydrogen (secondary N) is 1. The molecule has 0 aliphatic rings. The van der Waals surface area contributed by atoms with E-state index in [-0.39, 0.29) is 11.4 Å². The van der Waals surface area contributed by atoms with E-state index in [9.17, 15) is 9.90 Å². The molecule has 1 rings (SSSR count). The molecule has 0 aromatic heterocycles. The number of hydrogen-bond acceptors (Lipinski definition) is 3. The summed E-state index contributed by atoms with van der Waals surface area (Å²) < 4.78 is 0. The fourth-order valence-corrected chi connectivity index (χ4v) is 2.33. The lowest BCUT2D eigenvalue weighted by molar-refractivity contribution is -0.120. The number of amides is 1. The van der Waals surface area contributed by atoms with Crippen molar-refractivity contribution in [1.82, 2.24) is 5.32 Å². The van der Waals surface area contributed by atoms with Crippen LogP contribution in [0.4, 0.5) is 0 Å². The summed E-state index contributed by atoms with van der Waals surface area (Å²) in [6.45, 7) is 6.06. The van der Waals surface area contributed by atoms with E-state index in [4.69, 9.17) is 0 Å². The molecular formula is C15H23NO2S. The summed E-state index contributed by atoms with van der Waals surface area (Å²) in [4.78, 5) is 11.7. The zero-order valence-corrected chi connectivity index (χ0v) is 12.7. The molecule has 0 aliphatic carbocycles. The summed E-state index contributed by atoms with van der Waals surface area (Å²) in [6, 6.07) is 9.51. The topological polar surface area (TPSA) is 49.3 Å². The van der Waals surface area contributed by atoms with E-state index < -0.39 is 6.10 Å². The number of benzene rings is 1. The average Bonchev–Trinajstić information content (AvgIpc) is 2.39. The van der Waals surface area contributed by atoms with Crippen LogP contribution in [-0.2, 0) is 4.79 Å². The van der Waals surface area contributed by atoms with Gasteiger partial charge in [-0.05, 0) is 25.8 Å². The van der Waals surface area contributed by atoms with Gasteiger partial charge in [0.15, 0.2) is 0 Å². The second-order valence-corrected chi connectivity index (χ2v) is 6.26. The molecule has 0 radical (unpaired) electrons. The standard InChI is InChI=1S/C15H23NO2S/c1-4-15(2,3)16-14(18)11-19-10-13(17)12-8-6-5-7-9-12/h5-9,13,17H,4,10-11H2,1-3H3,(H,16,18). The van der Waals surface area contributed by atoms with Crippen LogP contribution in [0.5, 0.6) is 0 Å². The zero-order valence-electron chi connectivity index (χ0n) is 11.8. The van der Waals surface area contributed by atoms with E-state index in [1.807, 2.05) is 51.1 Å². The van der Waals surface area contributed by atoms with Crippen LogP contribution in [0.1, 0.15) is 38.9 Å². The number of rotatable bonds is 7. The molecule has 0 heterocycles. The minimum atomic E-state index is -0.516. The van der Waals surface area contributed by atoms with E-state index in [2.05, 4.69) is 5.32 Å². The van der Waals surface area contributed by atoms with Crippen LogP contribution in [-0.4, -0.2) is 28.1 Å². The van der Waals surface area contributed by atoms with Crippen LogP contribution >= 0.6 is 11.8 Å². The van der Waals surface area contributed by atoms with Gasteiger partial charge in [-0.1, -0.05) is 37.3 Å². The summed E-state index contributed by atoms with van der Waals surface area (Å²) in [5.41, 5.74) is 0.736. The summed E-state index contributed by atoms with van der Waals surface area (Å²) in [6.07, 6.45) is 0.383. The minimum absolute atomic E-state index is 0.0251. The first-order valence-corrected chi connectivity index (χ1v) is 7.72. The van der Waals surface area contributed by atoms with Crippen molar-refractivity contribution in [1.29, 1.82) is 0 Å². The minimum Gasteiger partial charge on any atom is -0.388 e. The van der Waals surface area contributed by atoms with Crippen LogP contribution in [0, 0.1) is 0 Å². The van der Waals surface area contributed by atoms with Crippen molar-refractivity contribution in [3.05, 3.63) is 35.9 Å². The molecule has 2 N–H and O–H groups in total. The molecule has 3 nitrogen and oxygen atoms in total. The fourth-order valence-electron chi connectivity index (χ4n) is 1.54. The molecule has 1 atom stereocenters. The van der Waals surface area contributed by atoms with Gasteiger partial charge in [-0.15, -0.1) is 11.8 Å². The quantitative estimate of drug-likeness (QED) is 0.808. The lowest BCUT2D eigenvalue weighted by Gasteiger charge is -2.24. The highest BCUT2D eigenvalue weighted by atomic mass is 32.2. The normalized spacial score (nSPS) is 13.1. The smallest absolute Gasteiger partial charge is 0.230 e. The van der Waals surface area contributed by atoms with Crippen LogP contribution in [0.3, 0.4) is 0 Å². The molecule has 4 heteroatoms. The van der Waals surface area contributed by atoms with E-state index in [0.29, 0.717) is 11.5 Å². The second-order valence-electron chi connectivity index (χ2n) is 5.23. The predicted molar refractivity (Wildman–Crippen MR) is 81.2 cm³/mol. The van der Waals surface area contributed by atoms with Gasteiger partial charge in [-0.25, -0.2) is 0 Å². The Morgan fingerprint density at radius 3 is 2.58 bits per heavy atom. The third-order valence-electron chi connectivity index (χ3n) is 3.05. The molecule has 0 spiro atoms. The highest BCUT2D eigenvalue weighted by Crippen LogP contribution is 2.18. The van der Waals surface area contributed by atoms with Crippen LogP contribution in [0.25, 0.3) is 0 Å². The van der Waals surface area contributed by atoms with Gasteiger partial charge >= 0.3 is 0 Å². The molecule has 106 valence electrons. The highest BCUT2D eigenvalue weighted by Gasteiger charge is 2.17. The Kier molecular flexibility index (Phi) is 6.38. The average molecular weight is 281 g/mol. The van der Waals surface area contributed by atoms with Gasteiger partial charge in [-0.2, -0.15) is 0 Å². The van der Waals surface area contributed by atoms with Gasteiger partial charge in [0.1, 0.15) is 0 Å². The van der Waals surface area contributed by atoms with E-state index in [1.54, 1.807) is 0 Å². The van der Waals surface area contributed by atoms with Crippen molar-refractivity contribution < 1.29 is 9.90 Å². The number of aliphatic hydroxyl groups is 1. The van der Waals surface area contributed by atoms with Gasteiger partial charge in [0, 0.05) is 11.3 Å². The SMILES string of the molecule is CCC(C)(C)NC(=O)CSCC(O)c1ccccc1. The Morgan fingerprint density at radius 1 is 1.37 bits per heavy atom. The van der Waals surface area contributed by atoms with Crippen molar-refractivity contribution in [2.75, 3.05) is 11.5 Å². The second kappa shape index (κ2) is 7.56. The highest BCUT2D eigenvalue weighted by molar-refractivity contribution is 7.99. The van der Waals surface area contributed by atoms with Crippen LogP contribution in [0.2, 0.25) is 0 Å². The molecule has 0 fully saturated rings. The molecule has 0 saturated heterocycles. The molecular weight excluding hydrogens is 258 g/mol. The number of thioether (sulfide) groups is 1. The van der Waals surface area contributed by atoms with Crippen molar-refractivity contribution >= 4 is 17.7 Å². The summed E-state index contributed by atoms with van der Waals surface area (Å²) >= 11 is 1.45. The molecule has 1 amide bonds. The lowest BCUT2D eigenvalue weighted by atomic mass is 10.0. The monoisotopic (exact) mass is 281 g/mol. The lowest BCUT2D eigenvalue weighted by Crippen LogP contribution is -2.43. The van der Waals surface area contributed by atoms with Crippen LogP contribution < -0.4 is 5.32 Å². The molecule has 1 aromatic rings. The Bertz CT molecular complexity index is 392. The Morgan fingerprint density at radius 2 is 2.00 bits per heavy atom. The summed E-state index contributed by atoms with van der Waals surface area (Å²) in [5, 5.41) is 12.9. The summed E-state index contributed by atoms with van der Waals surface area (Å²) in [7, 11) is 0. The van der Waals surface area contributed by atoms with Crippen LogP contribution in [0.15, 0.2) is 30.3 Å². The third-order valence-corrected chi connectivity index (χ3v) is 4.07. The molecule has 19 heavy (non-hydrogen) atoms. The molecule has 0 bridgehead atoms. The van der Waals surface area contributed by atoms with E-state index >= 15 is 0 Å². The predicted octanol–water partition coefficient (Wildman–Crippen LogP) is 2.76. The molecule has 0 saturated carbocycles. The number of carbonyl (C=O) groups excluding carboxylic acids is 1. The van der Waals surface area contributed by atoms with E-state index in [0.717, 1.165) is 12.0 Å². The van der Waals surface area contributed by atoms with Crippen molar-refractivity contribution in [2.24, 2.45) is 0 Å². The van der Waals surface area contributed by atoms with Gasteiger partial charge in [0.05, 0.1) is 11.9 Å². The number of aliphatic hydroxyl groups excluding tert-OH is 1. The van der Waals surface area contributed by atoms with Gasteiger partial charge < -0.3 is 10.4 Å². The fraction of sp³-hybridized carbons (Fsp3) is 0.533. The zero-order chi connectivity index (χ0) is 14.3. The first kappa shape index (κ1) is 16.1. The first-order valence-electron chi connectivity index (χ1n) is 6.56. The van der Waals surface area contributed by atoms with Crippen molar-refractivity contribution in [3.63, 3.8) is 0 Å². The molecule has 1 aromatic carbocycles. The summed E-state index contributed by atoms with van der Waals surface area (Å²) in [5.74, 6) is 0.939. The van der Waals surface area contributed by atoms with E-state index in [1.165, 1.54) is 11.8 Å². The number of carbonyl (C=O) groups is 1. The van der Waals surface area contributed by atoms with Gasteiger partial charge in [-0.3, -0.25) is 4.79 Å². The Labute approximate surface area is 119 Å². The Hall–Kier alpha value is -1.00. The van der Waals surface area contributed by atoms with Gasteiger partial charge in [0.2, 0.25) is 5.91 Å². The maximum absolute atomic E-state index is 11.7. The maximum atomic E-state index is 11.7. The number of hydrogen-bond donors (Lipinski definition) is 2. The largest absolute Gasteiger partial charge is 0.388 e. The third kappa shape index (κ3) is 6.12. The van der Waals surface area contributed by atoms with Gasteiger partial charge in [0.25, 0.3) is 0 Å². The first-order chi connectivity index (χ1) is 8.94. The molecule has 1 unspecified atom stereocenters. The Balaban J connectivity index is 2.29. The maximum Gasteiger partial charge on any atom is 0.230 e. The van der Waals surface area contributed by atoms with Crippen molar-refractivity contribution in [3.8, 4) is 0 Å². The van der Waals surface area contributed by atoms with Crippen molar-refractivity contribution in [2.45, 2.75) is 38.8 Å². The molecule has 0 aliphatic heterocycles.